The van der Waals surface area contributed by atoms with E-state index in [-0.39, 0.29) is 24.4 Å². The fraction of sp³-hybridized carbons (Fsp3) is 0.538. The molecule has 0 bridgehead atoms. The number of anilines is 1. The van der Waals surface area contributed by atoms with Crippen LogP contribution >= 0.6 is 12.4 Å². The first-order valence-corrected chi connectivity index (χ1v) is 6.52. The lowest BCUT2D eigenvalue weighted by Crippen LogP contribution is -2.41. The molecule has 106 valence electrons. The van der Waals surface area contributed by atoms with E-state index in [1.807, 2.05) is 18.2 Å². The Morgan fingerprint density at radius 2 is 2.32 bits per heavy atom. The number of halogens is 1. The van der Waals surface area contributed by atoms with Crippen LogP contribution in [0.15, 0.2) is 24.4 Å². The second-order valence-electron chi connectivity index (χ2n) is 4.44. The summed E-state index contributed by atoms with van der Waals surface area (Å²) in [7, 11) is 0. The molecule has 0 radical (unpaired) electrons. The van der Waals surface area contributed by atoms with Crippen molar-refractivity contribution >= 4 is 24.1 Å². The lowest BCUT2D eigenvalue weighted by molar-refractivity contribution is -0.122. The number of amides is 1. The van der Waals surface area contributed by atoms with Crippen LogP contribution in [0.5, 0.6) is 0 Å². The summed E-state index contributed by atoms with van der Waals surface area (Å²) in [6.07, 6.45) is 4.71. The average molecular weight is 285 g/mol. The van der Waals surface area contributed by atoms with Crippen molar-refractivity contribution in [2.75, 3.05) is 25.0 Å². The lowest BCUT2D eigenvalue weighted by atomic mass is 10.2. The van der Waals surface area contributed by atoms with E-state index in [1.165, 1.54) is 0 Å². The molecule has 1 aliphatic heterocycles. The summed E-state index contributed by atoms with van der Waals surface area (Å²) in [6, 6.07) is 5.79. The van der Waals surface area contributed by atoms with Crippen molar-refractivity contribution in [1.29, 1.82) is 0 Å². The zero-order chi connectivity index (χ0) is 12.6. The van der Waals surface area contributed by atoms with Gasteiger partial charge in [-0.1, -0.05) is 6.07 Å². The number of nitrogens with one attached hydrogen (secondary N) is 3. The highest BCUT2D eigenvalue weighted by molar-refractivity contribution is 5.85. The third kappa shape index (κ3) is 5.44. The van der Waals surface area contributed by atoms with Gasteiger partial charge in [0.15, 0.2) is 0 Å². The molecule has 19 heavy (non-hydrogen) atoms. The Morgan fingerprint density at radius 3 is 3.00 bits per heavy atom. The zero-order valence-corrected chi connectivity index (χ0v) is 11.7. The van der Waals surface area contributed by atoms with Gasteiger partial charge < -0.3 is 16.0 Å². The van der Waals surface area contributed by atoms with E-state index in [1.54, 1.807) is 6.20 Å². The van der Waals surface area contributed by atoms with E-state index < -0.39 is 0 Å². The van der Waals surface area contributed by atoms with E-state index in [0.29, 0.717) is 6.54 Å². The number of pyridine rings is 1. The third-order valence-electron chi connectivity index (χ3n) is 3.00. The molecule has 6 heteroatoms. The van der Waals surface area contributed by atoms with E-state index in [2.05, 4.69) is 20.9 Å². The monoisotopic (exact) mass is 284 g/mol. The first-order chi connectivity index (χ1) is 8.86. The number of rotatable bonds is 6. The van der Waals surface area contributed by atoms with E-state index >= 15 is 0 Å². The van der Waals surface area contributed by atoms with Gasteiger partial charge in [-0.25, -0.2) is 4.98 Å². The van der Waals surface area contributed by atoms with Crippen LogP contribution in [-0.4, -0.2) is 36.6 Å². The molecule has 1 amide bonds. The van der Waals surface area contributed by atoms with Gasteiger partial charge in [-0.05, 0) is 37.9 Å². The Kier molecular flexibility index (Phi) is 7.22. The summed E-state index contributed by atoms with van der Waals surface area (Å²) < 4.78 is 0. The number of aromatic nitrogens is 1. The Labute approximate surface area is 120 Å². The summed E-state index contributed by atoms with van der Waals surface area (Å²) in [5.74, 6) is 1.01. The standard InChI is InChI=1S/C13H20N4O.ClH/c18-13(11-5-3-8-14-11)17-10-4-9-16-12-6-1-2-7-15-12;/h1-2,6-7,11,14H,3-5,8-10H2,(H,15,16)(H,17,18);1H/t11-;/m0./s1. The van der Waals surface area contributed by atoms with Gasteiger partial charge in [0.05, 0.1) is 6.04 Å². The molecule has 3 N–H and O–H groups in total. The van der Waals surface area contributed by atoms with Crippen LogP contribution in [0.25, 0.3) is 0 Å². The second kappa shape index (κ2) is 8.72. The highest BCUT2D eigenvalue weighted by Gasteiger charge is 2.20. The highest BCUT2D eigenvalue weighted by Crippen LogP contribution is 2.04. The lowest BCUT2D eigenvalue weighted by Gasteiger charge is -2.11. The van der Waals surface area contributed by atoms with Crippen molar-refractivity contribution < 1.29 is 4.79 Å². The molecule has 1 fully saturated rings. The maximum Gasteiger partial charge on any atom is 0.237 e. The molecule has 0 unspecified atom stereocenters. The SMILES string of the molecule is Cl.O=C(NCCCNc1ccccn1)[C@@H]1CCCN1. The minimum atomic E-state index is 0. The van der Waals surface area contributed by atoms with Crippen molar-refractivity contribution in [2.45, 2.75) is 25.3 Å². The smallest absolute Gasteiger partial charge is 0.237 e. The van der Waals surface area contributed by atoms with Crippen LogP contribution in [0, 0.1) is 0 Å². The molecular weight excluding hydrogens is 264 g/mol. The van der Waals surface area contributed by atoms with Gasteiger partial charge in [-0.2, -0.15) is 0 Å². The number of hydrogen-bond acceptors (Lipinski definition) is 4. The van der Waals surface area contributed by atoms with Crippen molar-refractivity contribution in [3.05, 3.63) is 24.4 Å². The van der Waals surface area contributed by atoms with Gasteiger partial charge in [-0.15, -0.1) is 12.4 Å². The molecule has 5 nitrogen and oxygen atoms in total. The summed E-state index contributed by atoms with van der Waals surface area (Å²) in [4.78, 5) is 15.8. The van der Waals surface area contributed by atoms with Crippen LogP contribution in [0.3, 0.4) is 0 Å². The van der Waals surface area contributed by atoms with Gasteiger partial charge in [0.25, 0.3) is 0 Å². The molecule has 0 aromatic carbocycles. The molecule has 2 heterocycles. The molecule has 1 aromatic rings. The maximum absolute atomic E-state index is 11.7. The molecular formula is C13H21ClN4O. The Hall–Kier alpha value is -1.33. The predicted molar refractivity (Wildman–Crippen MR) is 78.6 cm³/mol. The quantitative estimate of drug-likeness (QED) is 0.686. The van der Waals surface area contributed by atoms with Gasteiger partial charge in [0.1, 0.15) is 5.82 Å². The number of carbonyl (C=O) groups excluding carboxylic acids is 1. The number of carbonyl (C=O) groups is 1. The van der Waals surface area contributed by atoms with Crippen LogP contribution in [0.4, 0.5) is 5.82 Å². The molecule has 0 saturated carbocycles. The Balaban J connectivity index is 0.00000180. The molecule has 0 aliphatic carbocycles. The highest BCUT2D eigenvalue weighted by atomic mass is 35.5. The van der Waals surface area contributed by atoms with Crippen molar-refractivity contribution in [3.8, 4) is 0 Å². The minimum absolute atomic E-state index is 0. The summed E-state index contributed by atoms with van der Waals surface area (Å²) >= 11 is 0. The van der Waals surface area contributed by atoms with E-state index in [4.69, 9.17) is 0 Å². The summed E-state index contributed by atoms with van der Waals surface area (Å²) in [5, 5.41) is 9.34. The Bertz CT molecular complexity index is 368. The summed E-state index contributed by atoms with van der Waals surface area (Å²) in [6.45, 7) is 2.48. The van der Waals surface area contributed by atoms with E-state index in [9.17, 15) is 4.79 Å². The molecule has 1 saturated heterocycles. The van der Waals surface area contributed by atoms with Crippen LogP contribution in [0.1, 0.15) is 19.3 Å². The molecule has 1 aromatic heterocycles. The predicted octanol–water partition coefficient (Wildman–Crippen LogP) is 1.17. The molecule has 1 atom stereocenters. The van der Waals surface area contributed by atoms with E-state index in [0.717, 1.165) is 38.2 Å². The zero-order valence-electron chi connectivity index (χ0n) is 10.9. The fourth-order valence-electron chi connectivity index (χ4n) is 2.02. The normalized spacial score (nSPS) is 17.6. The summed E-state index contributed by atoms with van der Waals surface area (Å²) in [5.41, 5.74) is 0. The molecule has 0 spiro atoms. The maximum atomic E-state index is 11.7. The van der Waals surface area contributed by atoms with Crippen molar-refractivity contribution in [2.24, 2.45) is 0 Å². The Morgan fingerprint density at radius 1 is 1.42 bits per heavy atom. The van der Waals surface area contributed by atoms with Crippen molar-refractivity contribution in [3.63, 3.8) is 0 Å². The van der Waals surface area contributed by atoms with Gasteiger partial charge in [0, 0.05) is 19.3 Å². The largest absolute Gasteiger partial charge is 0.370 e. The van der Waals surface area contributed by atoms with Crippen LogP contribution in [-0.2, 0) is 4.79 Å². The average Bonchev–Trinajstić information content (AvgIpc) is 2.93. The first kappa shape index (κ1) is 15.7. The number of hydrogen-bond donors (Lipinski definition) is 3. The topological polar surface area (TPSA) is 66.0 Å². The van der Waals surface area contributed by atoms with Crippen LogP contribution < -0.4 is 16.0 Å². The molecule has 1 aliphatic rings. The van der Waals surface area contributed by atoms with Gasteiger partial charge in [0.2, 0.25) is 5.91 Å². The van der Waals surface area contributed by atoms with Gasteiger partial charge >= 0.3 is 0 Å². The van der Waals surface area contributed by atoms with Crippen molar-refractivity contribution in [1.82, 2.24) is 15.6 Å². The third-order valence-corrected chi connectivity index (χ3v) is 3.00. The number of nitrogens with zero attached hydrogens (tertiary/aromatic N) is 1. The van der Waals surface area contributed by atoms with Gasteiger partial charge in [-0.3, -0.25) is 4.79 Å². The second-order valence-corrected chi connectivity index (χ2v) is 4.44. The molecule has 2 rings (SSSR count). The van der Waals surface area contributed by atoms with Crippen LogP contribution in [0.2, 0.25) is 0 Å². The fourth-order valence-corrected chi connectivity index (χ4v) is 2.02. The first-order valence-electron chi connectivity index (χ1n) is 6.52. The minimum Gasteiger partial charge on any atom is -0.370 e.